The molecule has 0 N–H and O–H groups in total. The highest BCUT2D eigenvalue weighted by molar-refractivity contribution is 9.10. The minimum atomic E-state index is -1.32. The predicted octanol–water partition coefficient (Wildman–Crippen LogP) is 6.70. The number of hydrogen-bond donors (Lipinski definition) is 0. The van der Waals surface area contributed by atoms with Gasteiger partial charge in [-0.15, -0.1) is 23.2 Å². The molecular formula is C34H24BrCl2NO4. The van der Waals surface area contributed by atoms with Crippen LogP contribution in [0.3, 0.4) is 0 Å². The van der Waals surface area contributed by atoms with Crippen molar-refractivity contribution in [2.75, 3.05) is 0 Å². The van der Waals surface area contributed by atoms with Crippen LogP contribution in [0, 0.1) is 11.8 Å². The van der Waals surface area contributed by atoms with Crippen LogP contribution in [0.2, 0.25) is 0 Å². The quantitative estimate of drug-likeness (QED) is 0.131. The van der Waals surface area contributed by atoms with E-state index in [2.05, 4.69) is 15.9 Å². The Morgan fingerprint density at radius 2 is 1.17 bits per heavy atom. The van der Waals surface area contributed by atoms with Gasteiger partial charge < -0.3 is 4.74 Å². The van der Waals surface area contributed by atoms with E-state index in [-0.39, 0.29) is 13.0 Å². The molecule has 8 heteroatoms. The molecule has 2 bridgehead atoms. The van der Waals surface area contributed by atoms with Gasteiger partial charge >= 0.3 is 5.97 Å². The van der Waals surface area contributed by atoms with E-state index in [9.17, 15) is 14.4 Å². The SMILES string of the molecule is O=C(OCc1ccc(Br)cc1)[C@@H](Cc1ccccc1)N1C(=O)[C@@H]2[C@H](C1=O)C1(Cl)c3ccccc3C2(Cl)c2ccccc21. The summed E-state index contributed by atoms with van der Waals surface area (Å²) >= 11 is 18.5. The second-order valence-corrected chi connectivity index (χ2v) is 13.1. The number of likely N-dealkylation sites (tertiary alicyclic amines) is 1. The van der Waals surface area contributed by atoms with E-state index < -0.39 is 45.4 Å². The number of benzene rings is 4. The third-order valence-corrected chi connectivity index (χ3v) is 10.6. The van der Waals surface area contributed by atoms with Gasteiger partial charge in [-0.1, -0.05) is 107 Å². The zero-order chi connectivity index (χ0) is 29.2. The fourth-order valence-electron chi connectivity index (χ4n) is 6.94. The zero-order valence-electron chi connectivity index (χ0n) is 22.2. The van der Waals surface area contributed by atoms with E-state index in [0.29, 0.717) is 22.3 Å². The van der Waals surface area contributed by atoms with E-state index in [4.69, 9.17) is 27.9 Å². The van der Waals surface area contributed by atoms with Gasteiger partial charge in [0.05, 0.1) is 11.8 Å². The number of hydrogen-bond acceptors (Lipinski definition) is 4. The lowest BCUT2D eigenvalue weighted by Gasteiger charge is -2.54. The Morgan fingerprint density at radius 1 is 0.714 bits per heavy atom. The van der Waals surface area contributed by atoms with Crippen molar-refractivity contribution in [3.63, 3.8) is 0 Å². The van der Waals surface area contributed by atoms with Crippen molar-refractivity contribution in [3.8, 4) is 0 Å². The highest BCUT2D eigenvalue weighted by Crippen LogP contribution is 2.69. The number of rotatable bonds is 6. The zero-order valence-corrected chi connectivity index (χ0v) is 25.3. The van der Waals surface area contributed by atoms with Crippen LogP contribution in [-0.4, -0.2) is 28.7 Å². The first-order valence-corrected chi connectivity index (χ1v) is 15.2. The average molecular weight is 661 g/mol. The summed E-state index contributed by atoms with van der Waals surface area (Å²) in [6, 6.07) is 30.4. The van der Waals surface area contributed by atoms with E-state index in [0.717, 1.165) is 20.5 Å². The van der Waals surface area contributed by atoms with Crippen LogP contribution >= 0.6 is 39.1 Å². The first-order chi connectivity index (χ1) is 20.3. The highest BCUT2D eigenvalue weighted by Gasteiger charge is 2.73. The normalized spacial score (nSPS) is 25.9. The van der Waals surface area contributed by atoms with Gasteiger partial charge in [-0.05, 0) is 45.5 Å². The number of ether oxygens (including phenoxy) is 1. The van der Waals surface area contributed by atoms with Crippen LogP contribution in [-0.2, 0) is 41.9 Å². The molecule has 4 aliphatic rings. The fraction of sp³-hybridized carbons (Fsp3) is 0.206. The van der Waals surface area contributed by atoms with Gasteiger partial charge in [0.1, 0.15) is 22.4 Å². The van der Waals surface area contributed by atoms with Crippen molar-refractivity contribution < 1.29 is 19.1 Å². The molecule has 1 fully saturated rings. The number of halogens is 3. The predicted molar refractivity (Wildman–Crippen MR) is 163 cm³/mol. The van der Waals surface area contributed by atoms with Crippen LogP contribution in [0.1, 0.15) is 33.4 Å². The lowest BCUT2D eigenvalue weighted by atomic mass is 9.54. The molecule has 8 rings (SSSR count). The van der Waals surface area contributed by atoms with Gasteiger partial charge in [0.25, 0.3) is 0 Å². The molecule has 42 heavy (non-hydrogen) atoms. The Balaban J connectivity index is 1.32. The first kappa shape index (κ1) is 27.4. The molecular weight excluding hydrogens is 637 g/mol. The molecule has 4 aromatic carbocycles. The Hall–Kier alpha value is -3.45. The third-order valence-electron chi connectivity index (χ3n) is 8.77. The van der Waals surface area contributed by atoms with E-state index >= 15 is 0 Å². The lowest BCUT2D eigenvalue weighted by Crippen LogP contribution is -2.57. The van der Waals surface area contributed by atoms with Crippen molar-refractivity contribution >= 4 is 56.9 Å². The molecule has 0 unspecified atom stereocenters. The summed E-state index contributed by atoms with van der Waals surface area (Å²) in [5, 5.41) is 0. The van der Waals surface area contributed by atoms with Gasteiger partial charge in [-0.25, -0.2) is 4.79 Å². The number of imide groups is 1. The van der Waals surface area contributed by atoms with Crippen LogP contribution in [0.4, 0.5) is 0 Å². The van der Waals surface area contributed by atoms with Crippen molar-refractivity contribution in [1.82, 2.24) is 4.90 Å². The molecule has 4 aromatic rings. The molecule has 0 spiro atoms. The second kappa shape index (κ2) is 10.1. The first-order valence-electron chi connectivity index (χ1n) is 13.7. The second-order valence-electron chi connectivity index (χ2n) is 11.0. The Morgan fingerprint density at radius 3 is 1.64 bits per heavy atom. The summed E-state index contributed by atoms with van der Waals surface area (Å²) in [7, 11) is 0. The summed E-state index contributed by atoms with van der Waals surface area (Å²) in [5.41, 5.74) is 4.41. The van der Waals surface area contributed by atoms with Crippen molar-refractivity contribution in [2.24, 2.45) is 11.8 Å². The average Bonchev–Trinajstić information content (AvgIpc) is 3.29. The molecule has 0 saturated carbocycles. The van der Waals surface area contributed by atoms with E-state index in [1.54, 1.807) is 0 Å². The maximum atomic E-state index is 14.5. The Kier molecular flexibility index (Phi) is 6.57. The van der Waals surface area contributed by atoms with Gasteiger partial charge in [0.15, 0.2) is 0 Å². The van der Waals surface area contributed by atoms with Gasteiger partial charge in [-0.2, -0.15) is 0 Å². The van der Waals surface area contributed by atoms with Gasteiger partial charge in [0.2, 0.25) is 11.8 Å². The smallest absolute Gasteiger partial charge is 0.330 e. The Labute approximate surface area is 261 Å². The molecule has 210 valence electrons. The molecule has 0 radical (unpaired) electrons. The number of esters is 1. The van der Waals surface area contributed by atoms with Crippen molar-refractivity contribution in [2.45, 2.75) is 28.8 Å². The monoisotopic (exact) mass is 659 g/mol. The number of carbonyl (C=O) groups is 3. The maximum absolute atomic E-state index is 14.5. The minimum absolute atomic E-state index is 0.00372. The van der Waals surface area contributed by atoms with Gasteiger partial charge in [-0.3, -0.25) is 14.5 Å². The largest absolute Gasteiger partial charge is 0.459 e. The van der Waals surface area contributed by atoms with Crippen LogP contribution in [0.25, 0.3) is 0 Å². The third kappa shape index (κ3) is 3.85. The fourth-order valence-corrected chi connectivity index (χ4v) is 8.31. The maximum Gasteiger partial charge on any atom is 0.330 e. The van der Waals surface area contributed by atoms with Crippen LogP contribution in [0.5, 0.6) is 0 Å². The molecule has 1 heterocycles. The summed E-state index contributed by atoms with van der Waals surface area (Å²) in [5.74, 6) is -3.69. The number of nitrogens with zero attached hydrogens (tertiary/aromatic N) is 1. The molecule has 1 saturated heterocycles. The van der Waals surface area contributed by atoms with Crippen LogP contribution in [0.15, 0.2) is 108 Å². The molecule has 0 aromatic heterocycles. The van der Waals surface area contributed by atoms with Crippen molar-refractivity contribution in [3.05, 3.63) is 141 Å². The summed E-state index contributed by atoms with van der Waals surface area (Å²) in [6.07, 6.45) is 0.0986. The van der Waals surface area contributed by atoms with Crippen LogP contribution < -0.4 is 0 Å². The molecule has 3 aliphatic carbocycles. The number of carbonyl (C=O) groups excluding carboxylic acids is 3. The molecule has 3 atom stereocenters. The minimum Gasteiger partial charge on any atom is -0.459 e. The topological polar surface area (TPSA) is 63.7 Å². The lowest BCUT2D eigenvalue weighted by molar-refractivity contribution is -0.159. The molecule has 1 aliphatic heterocycles. The van der Waals surface area contributed by atoms with E-state index in [1.807, 2.05) is 103 Å². The summed E-state index contributed by atoms with van der Waals surface area (Å²) in [4.78, 5) is 41.2. The summed E-state index contributed by atoms with van der Waals surface area (Å²) < 4.78 is 6.64. The highest BCUT2D eigenvalue weighted by atomic mass is 79.9. The number of amides is 2. The standard InChI is InChI=1S/C34H24BrCl2NO4/c35-22-16-14-21(15-17-22)19-42-32(41)27(18-20-8-2-1-3-9-20)38-30(39)28-29(31(38)40)34(37)24-11-5-4-10-23(24)33(28,36)25-12-6-7-13-26(25)34/h1-17,27-29H,18-19H2/t27-,28-,29+,33?,34?/m1/s1. The Bertz CT molecular complexity index is 1620. The molecule has 5 nitrogen and oxygen atoms in total. The van der Waals surface area contributed by atoms with Crippen molar-refractivity contribution in [1.29, 1.82) is 0 Å². The van der Waals surface area contributed by atoms with E-state index in [1.165, 1.54) is 0 Å². The van der Waals surface area contributed by atoms with Gasteiger partial charge in [0, 0.05) is 10.9 Å². The molecule has 2 amide bonds. The number of alkyl halides is 2. The summed E-state index contributed by atoms with van der Waals surface area (Å²) in [6.45, 7) is -0.00372.